The standard InChI is InChI=1S/C15H17N5O3S/c16-10-12-8-4-5-9-13(12)19-14(11-6-2-1-3-7-11)20(18-15(19)21)24(17,22)23/h1-9,14H,10,16H2,(H,18,21)(H2,17,22,23). The number of nitrogens with one attached hydrogen (secondary N) is 1. The number of nitrogens with two attached hydrogens (primary N) is 2. The largest absolute Gasteiger partial charge is 0.339 e. The molecule has 0 aliphatic carbocycles. The summed E-state index contributed by atoms with van der Waals surface area (Å²) < 4.78 is 24.6. The molecule has 1 aliphatic rings. The van der Waals surface area contributed by atoms with Crippen LogP contribution < -0.4 is 21.2 Å². The van der Waals surface area contributed by atoms with Crippen LogP contribution in [0.5, 0.6) is 0 Å². The molecule has 8 nitrogen and oxygen atoms in total. The van der Waals surface area contributed by atoms with Gasteiger partial charge < -0.3 is 5.73 Å². The van der Waals surface area contributed by atoms with E-state index in [0.29, 0.717) is 16.8 Å². The first kappa shape index (κ1) is 16.4. The van der Waals surface area contributed by atoms with Gasteiger partial charge in [-0.3, -0.25) is 10.3 Å². The van der Waals surface area contributed by atoms with Gasteiger partial charge in [0.1, 0.15) is 0 Å². The van der Waals surface area contributed by atoms with Crippen molar-refractivity contribution in [2.24, 2.45) is 10.9 Å². The average molecular weight is 347 g/mol. The normalized spacial score (nSPS) is 18.7. The van der Waals surface area contributed by atoms with Crippen molar-refractivity contribution in [2.75, 3.05) is 4.90 Å². The Morgan fingerprint density at radius 3 is 2.29 bits per heavy atom. The Labute approximate surface area is 139 Å². The maximum Gasteiger partial charge on any atom is 0.339 e. The van der Waals surface area contributed by atoms with Crippen molar-refractivity contribution in [3.63, 3.8) is 0 Å². The van der Waals surface area contributed by atoms with E-state index in [0.717, 1.165) is 4.41 Å². The third-order valence-corrected chi connectivity index (χ3v) is 4.57. The molecule has 0 saturated carbocycles. The van der Waals surface area contributed by atoms with Crippen LogP contribution in [-0.2, 0) is 16.8 Å². The number of carbonyl (C=O) groups is 1. The smallest absolute Gasteiger partial charge is 0.326 e. The zero-order valence-electron chi connectivity index (χ0n) is 12.7. The van der Waals surface area contributed by atoms with E-state index in [9.17, 15) is 13.2 Å². The summed E-state index contributed by atoms with van der Waals surface area (Å²) >= 11 is 0. The highest BCUT2D eigenvalue weighted by molar-refractivity contribution is 7.86. The summed E-state index contributed by atoms with van der Waals surface area (Å²) in [7, 11) is -4.16. The van der Waals surface area contributed by atoms with E-state index >= 15 is 0 Å². The molecular weight excluding hydrogens is 330 g/mol. The topological polar surface area (TPSA) is 122 Å². The fourth-order valence-corrected chi connectivity index (χ4v) is 3.40. The maximum atomic E-state index is 12.5. The number of hydrogen-bond donors (Lipinski definition) is 3. The summed E-state index contributed by atoms with van der Waals surface area (Å²) in [5, 5.41) is 5.27. The molecule has 3 rings (SSSR count). The molecule has 126 valence electrons. The van der Waals surface area contributed by atoms with Crippen LogP contribution in [0.25, 0.3) is 0 Å². The monoisotopic (exact) mass is 347 g/mol. The minimum absolute atomic E-state index is 0.205. The Morgan fingerprint density at radius 1 is 1.04 bits per heavy atom. The second-order valence-corrected chi connectivity index (χ2v) is 6.67. The first-order valence-corrected chi connectivity index (χ1v) is 8.68. The molecule has 1 saturated heterocycles. The molecular formula is C15H17N5O3S. The number of amides is 2. The van der Waals surface area contributed by atoms with E-state index in [4.69, 9.17) is 10.9 Å². The number of rotatable bonds is 4. The maximum absolute atomic E-state index is 12.5. The molecule has 1 aliphatic heterocycles. The molecule has 2 aromatic rings. The third-order valence-electron chi connectivity index (χ3n) is 3.73. The van der Waals surface area contributed by atoms with Crippen molar-refractivity contribution < 1.29 is 13.2 Å². The zero-order chi connectivity index (χ0) is 17.3. The van der Waals surface area contributed by atoms with E-state index in [1.807, 2.05) is 0 Å². The van der Waals surface area contributed by atoms with Crippen molar-refractivity contribution >= 4 is 21.9 Å². The minimum Gasteiger partial charge on any atom is -0.326 e. The van der Waals surface area contributed by atoms with E-state index in [1.165, 1.54) is 4.90 Å². The predicted octanol–water partition coefficient (Wildman–Crippen LogP) is 0.794. The van der Waals surface area contributed by atoms with Crippen LogP contribution in [0.3, 0.4) is 0 Å². The minimum atomic E-state index is -4.16. The Bertz CT molecular complexity index is 856. The number of carbonyl (C=O) groups excluding carboxylic acids is 1. The molecule has 0 spiro atoms. The molecule has 1 unspecified atom stereocenters. The van der Waals surface area contributed by atoms with Gasteiger partial charge in [0.25, 0.3) is 10.2 Å². The van der Waals surface area contributed by atoms with Gasteiger partial charge in [-0.1, -0.05) is 52.9 Å². The Morgan fingerprint density at radius 2 is 1.67 bits per heavy atom. The SMILES string of the molecule is NCc1ccccc1N1C(=O)NN(S(N)(=O)=O)C1c1ccccc1. The van der Waals surface area contributed by atoms with Crippen LogP contribution in [0, 0.1) is 0 Å². The number of anilines is 1. The number of hydrazine groups is 1. The lowest BCUT2D eigenvalue weighted by Crippen LogP contribution is -2.44. The van der Waals surface area contributed by atoms with Gasteiger partial charge in [-0.15, -0.1) is 0 Å². The second kappa shape index (κ2) is 6.21. The molecule has 1 fully saturated rings. The van der Waals surface area contributed by atoms with Crippen LogP contribution >= 0.6 is 0 Å². The van der Waals surface area contributed by atoms with Crippen LogP contribution in [0.1, 0.15) is 17.3 Å². The third kappa shape index (κ3) is 2.85. The molecule has 2 amide bonds. The first-order chi connectivity index (χ1) is 11.4. The van der Waals surface area contributed by atoms with Crippen molar-refractivity contribution in [2.45, 2.75) is 12.7 Å². The van der Waals surface area contributed by atoms with Crippen LogP contribution in [0.15, 0.2) is 54.6 Å². The molecule has 1 atom stereocenters. The lowest BCUT2D eigenvalue weighted by atomic mass is 10.1. The first-order valence-electron chi connectivity index (χ1n) is 7.18. The fraction of sp³-hybridized carbons (Fsp3) is 0.133. The Balaban J connectivity index is 2.17. The summed E-state index contributed by atoms with van der Waals surface area (Å²) in [5.74, 6) is 0. The quantitative estimate of drug-likeness (QED) is 0.757. The van der Waals surface area contributed by atoms with Crippen LogP contribution in [-0.4, -0.2) is 18.9 Å². The molecule has 0 aromatic heterocycles. The highest BCUT2D eigenvalue weighted by atomic mass is 32.2. The summed E-state index contributed by atoms with van der Waals surface area (Å²) in [6.07, 6.45) is -0.943. The number of para-hydroxylation sites is 1. The molecule has 2 aromatic carbocycles. The number of hydrogen-bond acceptors (Lipinski definition) is 4. The summed E-state index contributed by atoms with van der Waals surface area (Å²) in [4.78, 5) is 13.8. The molecule has 0 radical (unpaired) electrons. The lowest BCUT2D eigenvalue weighted by molar-refractivity contribution is 0.243. The van der Waals surface area contributed by atoms with Gasteiger partial charge in [-0.2, -0.15) is 8.42 Å². The molecule has 0 bridgehead atoms. The van der Waals surface area contributed by atoms with Gasteiger partial charge in [-0.05, 0) is 17.2 Å². The Kier molecular flexibility index (Phi) is 4.24. The van der Waals surface area contributed by atoms with Crippen molar-refractivity contribution in [3.05, 3.63) is 65.7 Å². The molecule has 24 heavy (non-hydrogen) atoms. The predicted molar refractivity (Wildman–Crippen MR) is 89.5 cm³/mol. The summed E-state index contributed by atoms with van der Waals surface area (Å²) in [6.45, 7) is 0.205. The molecule has 5 N–H and O–H groups in total. The Hall–Kier alpha value is -2.46. The van der Waals surface area contributed by atoms with Gasteiger partial charge >= 0.3 is 6.03 Å². The van der Waals surface area contributed by atoms with Gasteiger partial charge in [0.2, 0.25) is 0 Å². The van der Waals surface area contributed by atoms with E-state index in [1.54, 1.807) is 54.6 Å². The molecule has 1 heterocycles. The van der Waals surface area contributed by atoms with Crippen molar-refractivity contribution in [3.8, 4) is 0 Å². The highest BCUT2D eigenvalue weighted by Crippen LogP contribution is 2.36. The summed E-state index contributed by atoms with van der Waals surface area (Å²) in [5.41, 5.74) is 9.89. The second-order valence-electron chi connectivity index (χ2n) is 5.24. The number of urea groups is 1. The zero-order valence-corrected chi connectivity index (χ0v) is 13.5. The number of benzene rings is 2. The highest BCUT2D eigenvalue weighted by Gasteiger charge is 2.45. The van der Waals surface area contributed by atoms with Crippen molar-refractivity contribution in [1.29, 1.82) is 0 Å². The van der Waals surface area contributed by atoms with E-state index in [-0.39, 0.29) is 6.54 Å². The number of nitrogens with zero attached hydrogens (tertiary/aromatic N) is 2. The van der Waals surface area contributed by atoms with Gasteiger partial charge in [0.15, 0.2) is 6.17 Å². The fourth-order valence-electron chi connectivity index (χ4n) is 2.70. The van der Waals surface area contributed by atoms with E-state index < -0.39 is 22.4 Å². The average Bonchev–Trinajstić information content (AvgIpc) is 2.93. The summed E-state index contributed by atoms with van der Waals surface area (Å²) in [6, 6.07) is 15.2. The van der Waals surface area contributed by atoms with Gasteiger partial charge in [0, 0.05) is 6.54 Å². The van der Waals surface area contributed by atoms with Crippen LogP contribution in [0.2, 0.25) is 0 Å². The van der Waals surface area contributed by atoms with E-state index in [2.05, 4.69) is 5.43 Å². The lowest BCUT2D eigenvalue weighted by Gasteiger charge is -2.28. The molecule has 9 heteroatoms. The van der Waals surface area contributed by atoms with Crippen molar-refractivity contribution in [1.82, 2.24) is 9.84 Å². The van der Waals surface area contributed by atoms with Gasteiger partial charge in [-0.25, -0.2) is 9.93 Å². The van der Waals surface area contributed by atoms with Gasteiger partial charge in [0.05, 0.1) is 5.69 Å². The van der Waals surface area contributed by atoms with Crippen LogP contribution in [0.4, 0.5) is 10.5 Å².